The number of hydrogen-bond donors (Lipinski definition) is 2. The summed E-state index contributed by atoms with van der Waals surface area (Å²) in [6.07, 6.45) is 1.56. The molecule has 1 atom stereocenters. The van der Waals surface area contributed by atoms with E-state index in [0.29, 0.717) is 29.5 Å². The first-order valence-corrected chi connectivity index (χ1v) is 9.83. The molecule has 24 heavy (non-hydrogen) atoms. The third-order valence-electron chi connectivity index (χ3n) is 3.39. The average molecular weight is 373 g/mol. The fourth-order valence-electron chi connectivity index (χ4n) is 2.13. The Morgan fingerprint density at radius 2 is 2.17 bits per heavy atom. The number of halogens is 1. The predicted molar refractivity (Wildman–Crippen MR) is 92.3 cm³/mol. The quantitative estimate of drug-likeness (QED) is 0.728. The van der Waals surface area contributed by atoms with Crippen LogP contribution < -0.4 is 4.72 Å². The maximum atomic E-state index is 11.3. The van der Waals surface area contributed by atoms with Crippen LogP contribution in [0, 0.1) is 0 Å². The van der Waals surface area contributed by atoms with Gasteiger partial charge in [0, 0.05) is 11.4 Å². The molecule has 1 aromatic heterocycles. The molecular formula is C15H21ClN4O3S. The molecule has 0 fully saturated rings. The largest absolute Gasteiger partial charge is 0.391 e. The van der Waals surface area contributed by atoms with Crippen LogP contribution in [0.25, 0.3) is 0 Å². The lowest BCUT2D eigenvalue weighted by molar-refractivity contribution is 0.143. The van der Waals surface area contributed by atoms with Crippen LogP contribution in [-0.4, -0.2) is 40.6 Å². The van der Waals surface area contributed by atoms with Crippen molar-refractivity contribution in [1.29, 1.82) is 0 Å². The Labute approximate surface area is 146 Å². The lowest BCUT2D eigenvalue weighted by Crippen LogP contribution is -2.25. The van der Waals surface area contributed by atoms with Crippen LogP contribution in [0.2, 0.25) is 5.02 Å². The summed E-state index contributed by atoms with van der Waals surface area (Å²) in [5, 5.41) is 14.9. The Morgan fingerprint density at radius 1 is 1.42 bits per heavy atom. The van der Waals surface area contributed by atoms with Gasteiger partial charge in [-0.1, -0.05) is 30.7 Å². The van der Waals surface area contributed by atoms with Crippen molar-refractivity contribution >= 4 is 21.6 Å². The predicted octanol–water partition coefficient (Wildman–Crippen LogP) is 1.34. The van der Waals surface area contributed by atoms with E-state index in [1.807, 2.05) is 25.1 Å². The van der Waals surface area contributed by atoms with Gasteiger partial charge in [0.25, 0.3) is 0 Å². The summed E-state index contributed by atoms with van der Waals surface area (Å²) in [5.74, 6) is 1.01. The molecule has 1 heterocycles. The number of rotatable bonds is 8. The van der Waals surface area contributed by atoms with Gasteiger partial charge < -0.3 is 5.11 Å². The molecule has 0 radical (unpaired) electrons. The second-order valence-electron chi connectivity index (χ2n) is 5.59. The highest BCUT2D eigenvalue weighted by atomic mass is 35.5. The van der Waals surface area contributed by atoms with Gasteiger partial charge in [0.2, 0.25) is 10.0 Å². The van der Waals surface area contributed by atoms with Gasteiger partial charge >= 0.3 is 0 Å². The van der Waals surface area contributed by atoms with E-state index in [9.17, 15) is 13.5 Å². The van der Waals surface area contributed by atoms with E-state index < -0.39 is 16.1 Å². The summed E-state index contributed by atoms with van der Waals surface area (Å²) in [6, 6.07) is 7.39. The van der Waals surface area contributed by atoms with Crippen LogP contribution in [0.5, 0.6) is 0 Å². The summed E-state index contributed by atoms with van der Waals surface area (Å²) >= 11 is 5.98. The van der Waals surface area contributed by atoms with Crippen molar-refractivity contribution in [2.75, 3.05) is 6.26 Å². The Hall–Kier alpha value is -1.48. The summed E-state index contributed by atoms with van der Waals surface area (Å²) < 4.78 is 26.5. The molecule has 2 rings (SSSR count). The number of nitrogens with one attached hydrogen (secondary N) is 1. The smallest absolute Gasteiger partial charge is 0.209 e. The van der Waals surface area contributed by atoms with Gasteiger partial charge in [0.1, 0.15) is 5.82 Å². The monoisotopic (exact) mass is 372 g/mol. The minimum absolute atomic E-state index is 0.0256. The topological polar surface area (TPSA) is 97.1 Å². The second-order valence-corrected chi connectivity index (χ2v) is 7.86. The standard InChI is InChI=1S/C15H21ClN4O3S/c1-3-13(21)10-20-15(9-17-24(2,22)23)18-14(19-20)8-11-5-4-6-12(16)7-11/h4-7,13,17,21H,3,8-10H2,1-2H3/t13-/m1/s1. The SMILES string of the molecule is CC[C@@H](O)Cn1nc(Cc2cccc(Cl)c2)nc1CNS(C)(=O)=O. The first kappa shape index (κ1) is 18.9. The number of hydrogen-bond acceptors (Lipinski definition) is 5. The summed E-state index contributed by atoms with van der Waals surface area (Å²) in [7, 11) is -3.34. The second kappa shape index (κ2) is 8.06. The molecule has 0 bridgehead atoms. The van der Waals surface area contributed by atoms with Crippen LogP contribution in [0.1, 0.15) is 30.6 Å². The van der Waals surface area contributed by atoms with E-state index in [2.05, 4.69) is 14.8 Å². The highest BCUT2D eigenvalue weighted by Crippen LogP contribution is 2.14. The molecule has 132 valence electrons. The van der Waals surface area contributed by atoms with Crippen molar-refractivity contribution in [3.8, 4) is 0 Å². The molecule has 0 saturated heterocycles. The lowest BCUT2D eigenvalue weighted by atomic mass is 10.1. The van der Waals surface area contributed by atoms with Crippen LogP contribution in [-0.2, 0) is 29.5 Å². The first-order valence-electron chi connectivity index (χ1n) is 7.56. The van der Waals surface area contributed by atoms with Gasteiger partial charge in [0.15, 0.2) is 5.82 Å². The highest BCUT2D eigenvalue weighted by molar-refractivity contribution is 7.88. The molecule has 0 saturated carbocycles. The first-order chi connectivity index (χ1) is 11.3. The minimum Gasteiger partial charge on any atom is -0.391 e. The van der Waals surface area contributed by atoms with Gasteiger partial charge in [0.05, 0.1) is 25.4 Å². The van der Waals surface area contributed by atoms with E-state index in [1.165, 1.54) is 0 Å². The summed E-state index contributed by atoms with van der Waals surface area (Å²) in [6.45, 7) is 2.15. The maximum Gasteiger partial charge on any atom is 0.209 e. The van der Waals surface area contributed by atoms with Crippen LogP contribution in [0.3, 0.4) is 0 Å². The number of benzene rings is 1. The number of aliphatic hydroxyl groups is 1. The van der Waals surface area contributed by atoms with Crippen molar-refractivity contribution in [3.05, 3.63) is 46.5 Å². The van der Waals surface area contributed by atoms with E-state index in [4.69, 9.17) is 11.6 Å². The molecule has 0 aliphatic carbocycles. The third kappa shape index (κ3) is 5.86. The molecule has 0 amide bonds. The van der Waals surface area contributed by atoms with Crippen molar-refractivity contribution in [2.45, 2.75) is 39.0 Å². The number of aromatic nitrogens is 3. The normalized spacial score (nSPS) is 13.2. The molecule has 0 aliphatic rings. The minimum atomic E-state index is -3.34. The van der Waals surface area contributed by atoms with Gasteiger partial charge in [-0.05, 0) is 24.1 Å². The molecule has 0 unspecified atom stereocenters. The van der Waals surface area contributed by atoms with Gasteiger partial charge in [-0.3, -0.25) is 0 Å². The molecule has 1 aromatic carbocycles. The van der Waals surface area contributed by atoms with Gasteiger partial charge in [-0.25, -0.2) is 22.8 Å². The van der Waals surface area contributed by atoms with Gasteiger partial charge in [-0.15, -0.1) is 0 Å². The lowest BCUT2D eigenvalue weighted by Gasteiger charge is -2.10. The summed E-state index contributed by atoms with van der Waals surface area (Å²) in [4.78, 5) is 4.40. The Kier molecular flexibility index (Phi) is 6.34. The molecule has 9 heteroatoms. The zero-order valence-electron chi connectivity index (χ0n) is 13.6. The van der Waals surface area contributed by atoms with E-state index in [1.54, 1.807) is 10.7 Å². The van der Waals surface area contributed by atoms with E-state index in [-0.39, 0.29) is 13.1 Å². The van der Waals surface area contributed by atoms with Crippen LogP contribution in [0.4, 0.5) is 0 Å². The highest BCUT2D eigenvalue weighted by Gasteiger charge is 2.14. The molecule has 7 nitrogen and oxygen atoms in total. The Bertz CT molecular complexity index is 792. The van der Waals surface area contributed by atoms with E-state index in [0.717, 1.165) is 11.8 Å². The molecule has 0 aliphatic heterocycles. The average Bonchev–Trinajstić information content (AvgIpc) is 2.86. The molecule has 2 aromatic rings. The van der Waals surface area contributed by atoms with E-state index >= 15 is 0 Å². The molecule has 0 spiro atoms. The zero-order chi connectivity index (χ0) is 17.7. The van der Waals surface area contributed by atoms with Crippen LogP contribution in [0.15, 0.2) is 24.3 Å². The Morgan fingerprint density at radius 3 is 2.79 bits per heavy atom. The van der Waals surface area contributed by atoms with Crippen molar-refractivity contribution in [2.24, 2.45) is 0 Å². The molecular weight excluding hydrogens is 352 g/mol. The number of sulfonamides is 1. The Balaban J connectivity index is 2.22. The van der Waals surface area contributed by atoms with Crippen molar-refractivity contribution in [1.82, 2.24) is 19.5 Å². The molecule has 2 N–H and O–H groups in total. The zero-order valence-corrected chi connectivity index (χ0v) is 15.2. The fraction of sp³-hybridized carbons (Fsp3) is 0.467. The summed E-state index contributed by atoms with van der Waals surface area (Å²) in [5.41, 5.74) is 0.957. The fourth-order valence-corrected chi connectivity index (χ4v) is 2.74. The van der Waals surface area contributed by atoms with Crippen molar-refractivity contribution in [3.63, 3.8) is 0 Å². The van der Waals surface area contributed by atoms with Gasteiger partial charge in [-0.2, -0.15) is 5.10 Å². The van der Waals surface area contributed by atoms with Crippen LogP contribution >= 0.6 is 11.6 Å². The number of nitrogens with zero attached hydrogens (tertiary/aromatic N) is 3. The maximum absolute atomic E-state index is 11.3. The van der Waals surface area contributed by atoms with Crippen molar-refractivity contribution < 1.29 is 13.5 Å². The third-order valence-corrected chi connectivity index (χ3v) is 4.29. The number of aliphatic hydroxyl groups excluding tert-OH is 1.